The van der Waals surface area contributed by atoms with Crippen LogP contribution in [0.4, 0.5) is 4.39 Å². The Morgan fingerprint density at radius 1 is 1.43 bits per heavy atom. The molecule has 1 rings (SSSR count). The van der Waals surface area contributed by atoms with Gasteiger partial charge in [-0.3, -0.25) is 0 Å². The van der Waals surface area contributed by atoms with E-state index in [9.17, 15) is 4.39 Å². The van der Waals surface area contributed by atoms with Crippen LogP contribution in [0.3, 0.4) is 0 Å². The van der Waals surface area contributed by atoms with Crippen LogP contribution in [0.5, 0.6) is 5.75 Å². The van der Waals surface area contributed by atoms with E-state index in [2.05, 4.69) is 15.9 Å². The first-order chi connectivity index (χ1) is 6.47. The van der Waals surface area contributed by atoms with E-state index in [-0.39, 0.29) is 0 Å². The SMILES string of the molecule is CC(C)(F)CCOc1cccc(Br)c1. The van der Waals surface area contributed by atoms with E-state index in [0.717, 1.165) is 10.2 Å². The van der Waals surface area contributed by atoms with Crippen LogP contribution in [0.15, 0.2) is 28.7 Å². The van der Waals surface area contributed by atoms with Crippen LogP contribution in [-0.4, -0.2) is 12.3 Å². The Morgan fingerprint density at radius 2 is 2.14 bits per heavy atom. The van der Waals surface area contributed by atoms with Gasteiger partial charge in [-0.25, -0.2) is 4.39 Å². The monoisotopic (exact) mass is 260 g/mol. The van der Waals surface area contributed by atoms with E-state index in [1.807, 2.05) is 24.3 Å². The molecule has 0 atom stereocenters. The molecule has 0 aromatic heterocycles. The highest BCUT2D eigenvalue weighted by Crippen LogP contribution is 2.19. The van der Waals surface area contributed by atoms with Gasteiger partial charge < -0.3 is 4.74 Å². The zero-order chi connectivity index (χ0) is 10.6. The Hall–Kier alpha value is -0.570. The Bertz CT molecular complexity index is 294. The molecule has 0 radical (unpaired) electrons. The minimum absolute atomic E-state index is 0.402. The molecule has 0 unspecified atom stereocenters. The Balaban J connectivity index is 2.39. The van der Waals surface area contributed by atoms with Gasteiger partial charge in [0.05, 0.1) is 6.61 Å². The molecule has 1 aromatic carbocycles. The molecule has 0 amide bonds. The molecule has 1 nitrogen and oxygen atoms in total. The van der Waals surface area contributed by atoms with E-state index in [1.165, 1.54) is 0 Å². The number of hydrogen-bond acceptors (Lipinski definition) is 1. The Kier molecular flexibility index (Phi) is 3.93. The first-order valence-corrected chi connectivity index (χ1v) is 5.34. The average molecular weight is 261 g/mol. The third kappa shape index (κ3) is 4.61. The number of halogens is 2. The number of alkyl halides is 1. The van der Waals surface area contributed by atoms with Crippen LogP contribution in [0.25, 0.3) is 0 Å². The fourth-order valence-electron chi connectivity index (χ4n) is 0.968. The fourth-order valence-corrected chi connectivity index (χ4v) is 1.35. The molecule has 0 N–H and O–H groups in total. The lowest BCUT2D eigenvalue weighted by atomic mass is 10.1. The Morgan fingerprint density at radius 3 is 2.71 bits per heavy atom. The van der Waals surface area contributed by atoms with Crippen LogP contribution >= 0.6 is 15.9 Å². The van der Waals surface area contributed by atoms with Crippen molar-refractivity contribution in [3.63, 3.8) is 0 Å². The third-order valence-electron chi connectivity index (χ3n) is 1.76. The zero-order valence-electron chi connectivity index (χ0n) is 8.39. The summed E-state index contributed by atoms with van der Waals surface area (Å²) in [5.41, 5.74) is -1.16. The summed E-state index contributed by atoms with van der Waals surface area (Å²) in [6.45, 7) is 3.51. The fraction of sp³-hybridized carbons (Fsp3) is 0.455. The minimum Gasteiger partial charge on any atom is -0.493 e. The van der Waals surface area contributed by atoms with Gasteiger partial charge in [-0.1, -0.05) is 22.0 Å². The van der Waals surface area contributed by atoms with Crippen molar-refractivity contribution in [2.75, 3.05) is 6.61 Å². The van der Waals surface area contributed by atoms with E-state index < -0.39 is 5.67 Å². The van der Waals surface area contributed by atoms with Crippen LogP contribution < -0.4 is 4.74 Å². The highest BCUT2D eigenvalue weighted by atomic mass is 79.9. The number of rotatable bonds is 4. The van der Waals surface area contributed by atoms with Gasteiger partial charge in [0.25, 0.3) is 0 Å². The van der Waals surface area contributed by atoms with Crippen molar-refractivity contribution in [3.05, 3.63) is 28.7 Å². The van der Waals surface area contributed by atoms with Gasteiger partial charge in [0.15, 0.2) is 0 Å². The second-order valence-electron chi connectivity index (χ2n) is 3.77. The summed E-state index contributed by atoms with van der Waals surface area (Å²) in [5, 5.41) is 0. The predicted molar refractivity (Wildman–Crippen MR) is 59.4 cm³/mol. The maximum atomic E-state index is 13.1. The van der Waals surface area contributed by atoms with Crippen molar-refractivity contribution < 1.29 is 9.13 Å². The molecule has 0 fully saturated rings. The van der Waals surface area contributed by atoms with Crippen molar-refractivity contribution in [2.24, 2.45) is 0 Å². The lowest BCUT2D eigenvalue weighted by Gasteiger charge is -2.14. The molecule has 3 heteroatoms. The molecule has 0 saturated heterocycles. The molecule has 78 valence electrons. The van der Waals surface area contributed by atoms with Gasteiger partial charge in [-0.15, -0.1) is 0 Å². The van der Waals surface area contributed by atoms with Crippen molar-refractivity contribution in [2.45, 2.75) is 25.9 Å². The van der Waals surface area contributed by atoms with Gasteiger partial charge in [0, 0.05) is 10.9 Å². The quantitative estimate of drug-likeness (QED) is 0.796. The molecular weight excluding hydrogens is 247 g/mol. The number of ether oxygens (including phenoxy) is 1. The summed E-state index contributed by atoms with van der Waals surface area (Å²) in [6.07, 6.45) is 0.402. The van der Waals surface area contributed by atoms with Gasteiger partial charge in [0.1, 0.15) is 11.4 Å². The van der Waals surface area contributed by atoms with Gasteiger partial charge in [-0.2, -0.15) is 0 Å². The van der Waals surface area contributed by atoms with Gasteiger partial charge in [-0.05, 0) is 32.0 Å². The summed E-state index contributed by atoms with van der Waals surface area (Å²) >= 11 is 3.34. The number of hydrogen-bond donors (Lipinski definition) is 0. The first-order valence-electron chi connectivity index (χ1n) is 4.55. The lowest BCUT2D eigenvalue weighted by molar-refractivity contribution is 0.161. The maximum Gasteiger partial charge on any atom is 0.120 e. The van der Waals surface area contributed by atoms with Crippen molar-refractivity contribution in [1.29, 1.82) is 0 Å². The third-order valence-corrected chi connectivity index (χ3v) is 2.25. The van der Waals surface area contributed by atoms with E-state index in [0.29, 0.717) is 13.0 Å². The van der Waals surface area contributed by atoms with Crippen LogP contribution in [-0.2, 0) is 0 Å². The molecule has 0 aliphatic heterocycles. The maximum absolute atomic E-state index is 13.1. The molecule has 1 aromatic rings. The summed E-state index contributed by atoms with van der Waals surface area (Å²) in [4.78, 5) is 0. The highest BCUT2D eigenvalue weighted by molar-refractivity contribution is 9.10. The molecular formula is C11H14BrFO. The first kappa shape index (κ1) is 11.5. The second kappa shape index (κ2) is 4.78. The largest absolute Gasteiger partial charge is 0.493 e. The predicted octanol–water partition coefficient (Wildman–Crippen LogP) is 3.97. The minimum atomic E-state index is -1.16. The smallest absolute Gasteiger partial charge is 0.120 e. The molecule has 14 heavy (non-hydrogen) atoms. The summed E-state index contributed by atoms with van der Waals surface area (Å²) in [7, 11) is 0. The normalized spacial score (nSPS) is 11.4. The van der Waals surface area contributed by atoms with Crippen molar-refractivity contribution in [1.82, 2.24) is 0 Å². The van der Waals surface area contributed by atoms with Gasteiger partial charge in [0.2, 0.25) is 0 Å². The molecule has 0 heterocycles. The molecule has 0 aliphatic carbocycles. The zero-order valence-corrected chi connectivity index (χ0v) is 9.97. The molecule has 0 saturated carbocycles. The summed E-state index contributed by atoms with van der Waals surface area (Å²) in [5.74, 6) is 0.767. The van der Waals surface area contributed by atoms with Crippen LogP contribution in [0, 0.1) is 0 Å². The van der Waals surface area contributed by atoms with Crippen molar-refractivity contribution >= 4 is 15.9 Å². The summed E-state index contributed by atoms with van der Waals surface area (Å²) < 4.78 is 19.4. The van der Waals surface area contributed by atoms with E-state index in [1.54, 1.807) is 13.8 Å². The topological polar surface area (TPSA) is 9.23 Å². The Labute approximate surface area is 92.4 Å². The van der Waals surface area contributed by atoms with E-state index in [4.69, 9.17) is 4.74 Å². The molecule has 0 spiro atoms. The molecule has 0 bridgehead atoms. The highest BCUT2D eigenvalue weighted by Gasteiger charge is 2.14. The number of benzene rings is 1. The average Bonchev–Trinajstić information content (AvgIpc) is 2.01. The van der Waals surface area contributed by atoms with Crippen LogP contribution in [0.2, 0.25) is 0 Å². The van der Waals surface area contributed by atoms with E-state index >= 15 is 0 Å². The lowest BCUT2D eigenvalue weighted by Crippen LogP contribution is -2.16. The summed E-state index contributed by atoms with van der Waals surface area (Å²) in [6, 6.07) is 7.53. The van der Waals surface area contributed by atoms with Gasteiger partial charge >= 0.3 is 0 Å². The van der Waals surface area contributed by atoms with Crippen LogP contribution in [0.1, 0.15) is 20.3 Å². The molecule has 0 aliphatic rings. The standard InChI is InChI=1S/C11H14BrFO/c1-11(2,13)6-7-14-10-5-3-4-9(12)8-10/h3-5,8H,6-7H2,1-2H3. The van der Waals surface area contributed by atoms with Crippen molar-refractivity contribution in [3.8, 4) is 5.75 Å². The second-order valence-corrected chi connectivity index (χ2v) is 4.69.